The van der Waals surface area contributed by atoms with Crippen LogP contribution in [0.5, 0.6) is 0 Å². The number of esters is 1. The summed E-state index contributed by atoms with van der Waals surface area (Å²) in [6.07, 6.45) is 1.00. The van der Waals surface area contributed by atoms with Gasteiger partial charge in [0.25, 0.3) is 0 Å². The smallest absolute Gasteiger partial charge is 0.374 e. The molecule has 0 N–H and O–H groups in total. The highest BCUT2D eigenvalue weighted by molar-refractivity contribution is 6.33. The number of carbonyl (C=O) groups excluding carboxylic acids is 2. The lowest BCUT2D eigenvalue weighted by atomic mass is 9.91. The fraction of sp³-hybridized carbons (Fsp3) is 0.333. The molecule has 2 aromatic rings. The minimum atomic E-state index is -0.729. The second-order valence-corrected chi connectivity index (χ2v) is 6.05. The molecule has 0 fully saturated rings. The molecule has 0 heterocycles. The molecule has 2 rings (SSSR count). The average Bonchev–Trinajstić information content (AvgIpc) is 2.65. The van der Waals surface area contributed by atoms with Crippen molar-refractivity contribution in [3.8, 4) is 0 Å². The van der Waals surface area contributed by atoms with Crippen molar-refractivity contribution in [3.05, 3.63) is 71.8 Å². The molecule has 0 aliphatic heterocycles. The molecule has 0 radical (unpaired) electrons. The summed E-state index contributed by atoms with van der Waals surface area (Å²) in [6.45, 7) is 4.22. The van der Waals surface area contributed by atoms with Crippen molar-refractivity contribution in [2.75, 3.05) is 6.61 Å². The van der Waals surface area contributed by atoms with Crippen LogP contribution >= 0.6 is 0 Å². The van der Waals surface area contributed by atoms with Gasteiger partial charge in [-0.25, -0.2) is 4.79 Å². The van der Waals surface area contributed by atoms with Gasteiger partial charge in [0.2, 0.25) is 5.78 Å². The minimum absolute atomic E-state index is 0.0535. The Kier molecular flexibility index (Phi) is 6.74. The van der Waals surface area contributed by atoms with Gasteiger partial charge in [0.15, 0.2) is 0 Å². The normalized spacial score (nSPS) is 13.1. The summed E-state index contributed by atoms with van der Waals surface area (Å²) in [5, 5.41) is 0. The van der Waals surface area contributed by atoms with Gasteiger partial charge in [-0.15, -0.1) is 0 Å². The lowest BCUT2D eigenvalue weighted by Gasteiger charge is -2.15. The Morgan fingerprint density at radius 1 is 0.917 bits per heavy atom. The van der Waals surface area contributed by atoms with E-state index in [9.17, 15) is 9.59 Å². The van der Waals surface area contributed by atoms with Crippen LogP contribution in [0.4, 0.5) is 0 Å². The van der Waals surface area contributed by atoms with E-state index in [1.54, 1.807) is 0 Å². The lowest BCUT2D eigenvalue weighted by Crippen LogP contribution is -2.21. The molecule has 0 saturated heterocycles. The van der Waals surface area contributed by atoms with Crippen molar-refractivity contribution < 1.29 is 14.3 Å². The number of hydrogen-bond acceptors (Lipinski definition) is 3. The van der Waals surface area contributed by atoms with Crippen LogP contribution in [-0.2, 0) is 14.3 Å². The van der Waals surface area contributed by atoms with E-state index in [4.69, 9.17) is 4.74 Å². The van der Waals surface area contributed by atoms with E-state index >= 15 is 0 Å². The number of rotatable bonds is 8. The molecule has 24 heavy (non-hydrogen) atoms. The third-order valence-corrected chi connectivity index (χ3v) is 4.26. The van der Waals surface area contributed by atoms with E-state index < -0.39 is 11.8 Å². The molecule has 3 nitrogen and oxygen atoms in total. The third kappa shape index (κ3) is 5.05. The van der Waals surface area contributed by atoms with E-state index in [0.29, 0.717) is 0 Å². The number of hydrogen-bond donors (Lipinski definition) is 0. The maximum Gasteiger partial charge on any atom is 0.374 e. The molecule has 0 aliphatic rings. The molecule has 2 unspecified atom stereocenters. The van der Waals surface area contributed by atoms with Crippen LogP contribution in [0.2, 0.25) is 0 Å². The van der Waals surface area contributed by atoms with Gasteiger partial charge in [0.05, 0.1) is 6.61 Å². The SMILES string of the molecule is CCC(CC(=O)C(=O)OCC(C)c1ccccc1)c1ccccc1. The van der Waals surface area contributed by atoms with Crippen molar-refractivity contribution >= 4 is 11.8 Å². The Bertz CT molecular complexity index is 649. The van der Waals surface area contributed by atoms with Crippen LogP contribution in [0.15, 0.2) is 60.7 Å². The van der Waals surface area contributed by atoms with E-state index in [1.165, 1.54) is 0 Å². The van der Waals surface area contributed by atoms with Crippen LogP contribution in [0.1, 0.15) is 49.7 Å². The maximum absolute atomic E-state index is 12.2. The molecule has 0 aliphatic carbocycles. The zero-order chi connectivity index (χ0) is 17.4. The molecule has 0 spiro atoms. The fourth-order valence-corrected chi connectivity index (χ4v) is 2.69. The van der Waals surface area contributed by atoms with Gasteiger partial charge < -0.3 is 4.74 Å². The summed E-state index contributed by atoms with van der Waals surface area (Å²) in [6, 6.07) is 19.6. The summed E-state index contributed by atoms with van der Waals surface area (Å²) < 4.78 is 5.21. The first-order valence-corrected chi connectivity index (χ1v) is 8.41. The van der Waals surface area contributed by atoms with Crippen molar-refractivity contribution in [1.29, 1.82) is 0 Å². The summed E-state index contributed by atoms with van der Waals surface area (Å²) >= 11 is 0. The topological polar surface area (TPSA) is 43.4 Å². The first-order valence-electron chi connectivity index (χ1n) is 8.41. The zero-order valence-electron chi connectivity index (χ0n) is 14.3. The average molecular weight is 324 g/mol. The van der Waals surface area contributed by atoms with Gasteiger partial charge in [-0.1, -0.05) is 74.5 Å². The molecular formula is C21H24O3. The fourth-order valence-electron chi connectivity index (χ4n) is 2.69. The van der Waals surface area contributed by atoms with Gasteiger partial charge in [-0.2, -0.15) is 0 Å². The van der Waals surface area contributed by atoms with Gasteiger partial charge >= 0.3 is 5.97 Å². The van der Waals surface area contributed by atoms with Crippen molar-refractivity contribution in [2.45, 2.75) is 38.5 Å². The quantitative estimate of drug-likeness (QED) is 0.531. The molecule has 126 valence electrons. The minimum Gasteiger partial charge on any atom is -0.459 e. The van der Waals surface area contributed by atoms with Gasteiger partial charge in [-0.05, 0) is 23.5 Å². The summed E-state index contributed by atoms with van der Waals surface area (Å²) in [7, 11) is 0. The molecule has 3 heteroatoms. The van der Waals surface area contributed by atoms with Crippen molar-refractivity contribution in [3.63, 3.8) is 0 Å². The number of Topliss-reactive ketones (excluding diaryl/α,β-unsaturated/α-hetero) is 1. The summed E-state index contributed by atoms with van der Waals surface area (Å²) in [4.78, 5) is 24.1. The van der Waals surface area contributed by atoms with Gasteiger partial charge in [0, 0.05) is 12.3 Å². The van der Waals surface area contributed by atoms with Crippen molar-refractivity contribution in [1.82, 2.24) is 0 Å². The highest BCUT2D eigenvalue weighted by atomic mass is 16.5. The van der Waals surface area contributed by atoms with E-state index in [-0.39, 0.29) is 24.9 Å². The largest absolute Gasteiger partial charge is 0.459 e. The lowest BCUT2D eigenvalue weighted by molar-refractivity contribution is -0.154. The van der Waals surface area contributed by atoms with E-state index in [1.807, 2.05) is 74.5 Å². The van der Waals surface area contributed by atoms with Crippen molar-refractivity contribution in [2.24, 2.45) is 0 Å². The Morgan fingerprint density at radius 2 is 1.46 bits per heavy atom. The first kappa shape index (κ1) is 17.9. The van der Waals surface area contributed by atoms with Crippen LogP contribution in [0.25, 0.3) is 0 Å². The number of benzene rings is 2. The monoisotopic (exact) mass is 324 g/mol. The second kappa shape index (κ2) is 9.02. The third-order valence-electron chi connectivity index (χ3n) is 4.26. The molecule has 0 bridgehead atoms. The summed E-state index contributed by atoms with van der Waals surface area (Å²) in [5.41, 5.74) is 2.17. The molecule has 2 atom stereocenters. The van der Waals surface area contributed by atoms with Gasteiger partial charge in [-0.3, -0.25) is 4.79 Å². The standard InChI is InChI=1S/C21H24O3/c1-3-17(19-12-8-5-9-13-19)14-20(22)21(23)24-15-16(2)18-10-6-4-7-11-18/h4-13,16-17H,3,14-15H2,1-2H3. The molecule has 2 aromatic carbocycles. The van der Waals surface area contributed by atoms with Crippen LogP contribution < -0.4 is 0 Å². The Hall–Kier alpha value is -2.42. The van der Waals surface area contributed by atoms with Crippen LogP contribution in [0, 0.1) is 0 Å². The zero-order valence-corrected chi connectivity index (χ0v) is 14.3. The predicted octanol–water partition coefficient (Wildman–Crippen LogP) is 4.49. The highest BCUT2D eigenvalue weighted by Crippen LogP contribution is 2.23. The number of ether oxygens (including phenoxy) is 1. The van der Waals surface area contributed by atoms with E-state index in [0.717, 1.165) is 17.5 Å². The molecular weight excluding hydrogens is 300 g/mol. The number of carbonyl (C=O) groups is 2. The first-order chi connectivity index (χ1) is 11.6. The highest BCUT2D eigenvalue weighted by Gasteiger charge is 2.22. The Balaban J connectivity index is 1.86. The maximum atomic E-state index is 12.2. The number of ketones is 1. The van der Waals surface area contributed by atoms with Crippen LogP contribution in [-0.4, -0.2) is 18.4 Å². The Labute approximate surface area is 143 Å². The second-order valence-electron chi connectivity index (χ2n) is 6.05. The molecule has 0 saturated carbocycles. The van der Waals surface area contributed by atoms with Crippen LogP contribution in [0.3, 0.4) is 0 Å². The van der Waals surface area contributed by atoms with Gasteiger partial charge in [0.1, 0.15) is 0 Å². The van der Waals surface area contributed by atoms with E-state index in [2.05, 4.69) is 0 Å². The molecule has 0 amide bonds. The predicted molar refractivity (Wildman–Crippen MR) is 94.9 cm³/mol. The summed E-state index contributed by atoms with van der Waals surface area (Å²) in [5.74, 6) is -1.06. The molecule has 0 aromatic heterocycles. The Morgan fingerprint density at radius 3 is 2.00 bits per heavy atom.